The van der Waals surface area contributed by atoms with Crippen molar-refractivity contribution in [1.29, 1.82) is 0 Å². The number of benzene rings is 3. The molecule has 10 amide bonds. The van der Waals surface area contributed by atoms with Gasteiger partial charge in [0, 0.05) is 107 Å². The molecular formula is C57H70ClN11O15. The number of carbonyl (C=O) groups excluding carboxylic acids is 9. The zero-order chi connectivity index (χ0) is 60.9. The Morgan fingerprint density at radius 3 is 2.19 bits per heavy atom. The van der Waals surface area contributed by atoms with Crippen LogP contribution < -0.4 is 50.8 Å². The van der Waals surface area contributed by atoms with E-state index in [1.54, 1.807) is 63.2 Å². The van der Waals surface area contributed by atoms with Crippen LogP contribution in [0.3, 0.4) is 0 Å². The number of primary amides is 1. The summed E-state index contributed by atoms with van der Waals surface area (Å²) in [5.41, 5.74) is 8.56. The van der Waals surface area contributed by atoms with E-state index >= 15 is 0 Å². The molecule has 2 aromatic heterocycles. The Bertz CT molecular complexity index is 3310. The molecule has 0 radical (unpaired) electrons. The number of hydrogen-bond donors (Lipinski definition) is 6. The quantitative estimate of drug-likeness (QED) is 0.0205. The molecule has 0 spiro atoms. The molecule has 1 unspecified atom stereocenters. The molecule has 0 aliphatic carbocycles. The van der Waals surface area contributed by atoms with Crippen LogP contribution in [0.5, 0.6) is 23.0 Å². The van der Waals surface area contributed by atoms with E-state index in [2.05, 4.69) is 31.2 Å². The Morgan fingerprint density at radius 1 is 0.857 bits per heavy atom. The summed E-state index contributed by atoms with van der Waals surface area (Å²) in [6.07, 6.45) is 2.94. The molecule has 0 fully saturated rings. The lowest BCUT2D eigenvalue weighted by atomic mass is 10.0. The van der Waals surface area contributed by atoms with Crippen LogP contribution in [0.4, 0.5) is 25.8 Å². The van der Waals surface area contributed by atoms with E-state index in [-0.39, 0.29) is 111 Å². The second-order valence-corrected chi connectivity index (χ2v) is 20.8. The number of ether oxygens (including phenoxy) is 5. The van der Waals surface area contributed by atoms with Crippen LogP contribution in [0.1, 0.15) is 85.8 Å². The van der Waals surface area contributed by atoms with E-state index in [0.29, 0.717) is 81.3 Å². The molecule has 7 rings (SSSR count). The summed E-state index contributed by atoms with van der Waals surface area (Å²) < 4.78 is 34.1. The predicted molar refractivity (Wildman–Crippen MR) is 308 cm³/mol. The van der Waals surface area contributed by atoms with Gasteiger partial charge in [-0.2, -0.15) is 0 Å². The zero-order valence-electron chi connectivity index (χ0n) is 48.0. The van der Waals surface area contributed by atoms with Crippen molar-refractivity contribution >= 4 is 98.6 Å². The van der Waals surface area contributed by atoms with Gasteiger partial charge in [0.25, 0.3) is 17.7 Å². The Balaban J connectivity index is 0.910. The number of rotatable bonds is 27. The minimum absolute atomic E-state index is 0.00751. The number of likely N-dealkylation sites (N-methyl/N-ethyl adjacent to an activating group) is 2. The first-order valence-electron chi connectivity index (χ1n) is 27.2. The van der Waals surface area contributed by atoms with Gasteiger partial charge in [-0.15, -0.1) is 11.6 Å². The van der Waals surface area contributed by atoms with Crippen LogP contribution in [0.25, 0.3) is 22.0 Å². The van der Waals surface area contributed by atoms with Crippen LogP contribution in [0.2, 0.25) is 0 Å². The van der Waals surface area contributed by atoms with E-state index in [4.69, 9.17) is 45.4 Å². The van der Waals surface area contributed by atoms with Crippen molar-refractivity contribution in [1.82, 2.24) is 40.6 Å². The number of nitrogens with two attached hydrogens (primary N) is 1. The summed E-state index contributed by atoms with van der Waals surface area (Å²) in [4.78, 5) is 129. The number of anilines is 2. The number of oxazole rings is 1. The molecule has 84 heavy (non-hydrogen) atoms. The third kappa shape index (κ3) is 14.9. The average molecular weight is 1180 g/mol. The topological polar surface area (TPSA) is 329 Å². The van der Waals surface area contributed by atoms with Crippen molar-refractivity contribution in [2.75, 3.05) is 84.2 Å². The zero-order valence-corrected chi connectivity index (χ0v) is 48.8. The summed E-state index contributed by atoms with van der Waals surface area (Å²) in [7, 11) is 7.46. The van der Waals surface area contributed by atoms with Gasteiger partial charge in [-0.25, -0.2) is 19.4 Å². The molecule has 7 N–H and O–H groups in total. The number of aryl methyl sites for hydroxylation is 1. The average Bonchev–Trinajstić information content (AvgIpc) is 1.87. The summed E-state index contributed by atoms with van der Waals surface area (Å²) in [5, 5.41) is 11.4. The van der Waals surface area contributed by atoms with Gasteiger partial charge >= 0.3 is 18.2 Å². The number of carbonyl (C=O) groups is 9. The van der Waals surface area contributed by atoms with Gasteiger partial charge in [0.1, 0.15) is 29.9 Å². The Labute approximate surface area is 488 Å². The molecule has 2 aliphatic heterocycles. The fourth-order valence-electron chi connectivity index (χ4n) is 9.64. The van der Waals surface area contributed by atoms with Crippen molar-refractivity contribution in [3.8, 4) is 23.0 Å². The fourth-order valence-corrected chi connectivity index (χ4v) is 9.89. The fraction of sp³-hybridized carbons (Fsp3) is 0.439. The monoisotopic (exact) mass is 1180 g/mol. The highest BCUT2D eigenvalue weighted by Crippen LogP contribution is 2.47. The van der Waals surface area contributed by atoms with Crippen molar-refractivity contribution in [3.63, 3.8) is 0 Å². The first kappa shape index (κ1) is 62.5. The maximum absolute atomic E-state index is 14.4. The second-order valence-electron chi connectivity index (χ2n) is 20.5. The Hall–Kier alpha value is -9.07. The van der Waals surface area contributed by atoms with Gasteiger partial charge < -0.3 is 74.8 Å². The number of aromatic amines is 1. The molecule has 0 bridgehead atoms. The van der Waals surface area contributed by atoms with Crippen molar-refractivity contribution in [2.45, 2.75) is 83.9 Å². The van der Waals surface area contributed by atoms with E-state index in [9.17, 15) is 43.2 Å². The lowest BCUT2D eigenvalue weighted by Crippen LogP contribution is -2.54. The van der Waals surface area contributed by atoms with Gasteiger partial charge in [-0.3, -0.25) is 33.7 Å². The minimum Gasteiger partial charge on any atom is -0.493 e. The number of nitrogens with zero attached hydrogens (tertiary/aromatic N) is 5. The smallest absolute Gasteiger partial charge is 0.415 e. The molecular weight excluding hydrogens is 1110 g/mol. The van der Waals surface area contributed by atoms with Gasteiger partial charge in [0.05, 0.1) is 32.5 Å². The largest absolute Gasteiger partial charge is 0.493 e. The van der Waals surface area contributed by atoms with Crippen LogP contribution in [0.15, 0.2) is 59.0 Å². The molecule has 0 saturated carbocycles. The van der Waals surface area contributed by atoms with Gasteiger partial charge in [0.2, 0.25) is 23.5 Å². The van der Waals surface area contributed by atoms with Crippen LogP contribution in [-0.4, -0.2) is 164 Å². The van der Waals surface area contributed by atoms with Crippen molar-refractivity contribution in [3.05, 3.63) is 77.3 Å². The molecule has 3 aromatic carbocycles. The molecule has 0 saturated heterocycles. The van der Waals surface area contributed by atoms with Crippen LogP contribution >= 0.6 is 11.6 Å². The van der Waals surface area contributed by atoms with Crippen LogP contribution in [0, 0.1) is 12.8 Å². The molecule has 450 valence electrons. The van der Waals surface area contributed by atoms with Gasteiger partial charge in [-0.1, -0.05) is 32.4 Å². The normalized spacial score (nSPS) is 14.3. The first-order valence-corrected chi connectivity index (χ1v) is 27.7. The number of unbranched alkanes of at least 4 members (excludes halogenated alkanes) is 2. The maximum atomic E-state index is 14.4. The molecule has 4 heterocycles. The lowest BCUT2D eigenvalue weighted by Gasteiger charge is -2.25. The second kappa shape index (κ2) is 28.3. The first-order chi connectivity index (χ1) is 40.2. The number of halogens is 1. The summed E-state index contributed by atoms with van der Waals surface area (Å²) in [5.74, 6) is -1.83. The third-order valence-electron chi connectivity index (χ3n) is 14.2. The molecule has 27 heteroatoms. The van der Waals surface area contributed by atoms with E-state index in [0.717, 1.165) is 4.90 Å². The van der Waals surface area contributed by atoms with E-state index in [1.807, 2.05) is 0 Å². The van der Waals surface area contributed by atoms with Gasteiger partial charge in [0.15, 0.2) is 28.7 Å². The summed E-state index contributed by atoms with van der Waals surface area (Å²) >= 11 is 6.51. The number of H-pyrrole nitrogens is 1. The number of fused-ring (bicyclic) bond motifs is 4. The maximum Gasteiger partial charge on any atom is 0.415 e. The minimum atomic E-state index is -1.09. The van der Waals surface area contributed by atoms with Crippen molar-refractivity contribution < 1.29 is 71.3 Å². The third-order valence-corrected chi connectivity index (χ3v) is 14.5. The molecule has 3 atom stereocenters. The van der Waals surface area contributed by atoms with E-state index < -0.39 is 48.0 Å². The number of amides is 10. The number of imide groups is 1. The summed E-state index contributed by atoms with van der Waals surface area (Å²) in [6.45, 7) is 5.62. The highest BCUT2D eigenvalue weighted by atomic mass is 35.5. The molecule has 2 aliphatic rings. The molecule has 5 aromatic rings. The predicted octanol–water partition coefficient (Wildman–Crippen LogP) is 5.82. The van der Waals surface area contributed by atoms with Crippen molar-refractivity contribution in [2.24, 2.45) is 11.7 Å². The Morgan fingerprint density at radius 2 is 1.55 bits per heavy atom. The number of methoxy groups -OCH3 is 3. The highest BCUT2D eigenvalue weighted by Gasteiger charge is 2.38. The summed E-state index contributed by atoms with van der Waals surface area (Å²) in [6, 6.07) is 8.58. The SMILES string of the molecule is COc1cc2cc(C(=O)N3CC(CCl)c4c3cc(OC(=O)N(C)CCN(C)C(=O)OCc3ccc(NC(=O)[C@H](CCCNC(N)=O)NC(=O)[C@@H](NC(=O)CCCCCN5C(=O)C=CC5=O)C(C)C)cc3)c3oc(C)nc43)[nH]c2c(OC)c1OC. The van der Waals surface area contributed by atoms with E-state index in [1.165, 1.54) is 62.3 Å². The van der Waals surface area contributed by atoms with Gasteiger partial charge in [-0.05, 0) is 61.4 Å². The lowest BCUT2D eigenvalue weighted by molar-refractivity contribution is -0.137. The van der Waals surface area contributed by atoms with Crippen LogP contribution in [-0.2, 0) is 35.3 Å². The Kier molecular flexibility index (Phi) is 21.0. The number of urea groups is 1. The number of nitrogens with one attached hydrogen (secondary N) is 5. The number of hydrogen-bond acceptors (Lipinski definition) is 16. The highest BCUT2D eigenvalue weighted by molar-refractivity contribution is 6.19. The number of aromatic nitrogens is 2. The number of alkyl halides is 1. The molecule has 26 nitrogen and oxygen atoms in total. The standard InChI is InChI=1S/C57H70ClN11O15/c1-31(2)46(65-42(70)14-10-9-11-22-68-43(71)19-20-44(68)72)53(74)64-37(13-12-21-60-55(59)76)52(73)62-36-17-15-33(16-18-36)30-82-56(77)66(4)23-24-67(5)57(78)84-41-27-39-45(48-49(41)83-32(3)61-48)35(28-58)29-69(39)54(75)38-25-34-26-40(79-6)50(80-7)51(81-8)47(34)63-38/h15-20,25-27,31,35,37,46,63H,9-14,21-24,28-30H2,1-8H3,(H,62,73)(H,64,74)(H,65,70)(H3,59,60,76)/t35?,37-,46-/m0/s1.